The van der Waals surface area contributed by atoms with Gasteiger partial charge in [-0.1, -0.05) is 0 Å². The first-order chi connectivity index (χ1) is 4.34. The van der Waals surface area contributed by atoms with Crippen LogP contribution in [0.15, 0.2) is 18.3 Å². The minimum atomic E-state index is 0.525. The Hall–Kier alpha value is -1.38. The highest BCUT2D eigenvalue weighted by Gasteiger charge is 1.90. The lowest BCUT2D eigenvalue weighted by Gasteiger charge is -1.93. The number of nitrogen functional groups attached to an aromatic ring is 1. The zero-order chi connectivity index (χ0) is 6.69. The largest absolute Gasteiger partial charge is 0.397 e. The third-order valence-corrected chi connectivity index (χ3v) is 1.01. The van der Waals surface area contributed by atoms with E-state index in [0.717, 1.165) is 6.21 Å². The van der Waals surface area contributed by atoms with Crippen molar-refractivity contribution in [3.63, 3.8) is 0 Å². The normalized spacial score (nSPS) is 8.89. The molecule has 0 aromatic carbocycles. The lowest BCUT2D eigenvalue weighted by molar-refractivity contribution is 1.30. The number of hydrogen-bond donors (Lipinski definition) is 2. The van der Waals surface area contributed by atoms with Gasteiger partial charge in [-0.2, -0.15) is 0 Å². The molecule has 3 heteroatoms. The van der Waals surface area contributed by atoms with E-state index < -0.39 is 0 Å². The lowest BCUT2D eigenvalue weighted by Crippen LogP contribution is -1.94. The third kappa shape index (κ3) is 1.05. The Morgan fingerprint density at radius 3 is 2.89 bits per heavy atom. The van der Waals surface area contributed by atoms with E-state index in [2.05, 4.69) is 4.98 Å². The fourth-order valence-electron chi connectivity index (χ4n) is 0.551. The predicted molar refractivity (Wildman–Crippen MR) is 36.5 cm³/mol. The van der Waals surface area contributed by atoms with E-state index in [9.17, 15) is 0 Å². The van der Waals surface area contributed by atoms with Crippen molar-refractivity contribution in [2.24, 2.45) is 0 Å². The molecule has 0 radical (unpaired) electrons. The Morgan fingerprint density at radius 1 is 1.67 bits per heavy atom. The number of rotatable bonds is 1. The van der Waals surface area contributed by atoms with Crippen molar-refractivity contribution >= 4 is 11.9 Å². The molecule has 1 aromatic heterocycles. The highest BCUT2D eigenvalue weighted by atomic mass is 14.7. The molecule has 0 saturated carbocycles. The van der Waals surface area contributed by atoms with E-state index in [1.807, 2.05) is 0 Å². The summed E-state index contributed by atoms with van der Waals surface area (Å²) in [5, 5.41) is 6.82. The summed E-state index contributed by atoms with van der Waals surface area (Å²) in [7, 11) is 0. The van der Waals surface area contributed by atoms with E-state index in [0.29, 0.717) is 11.4 Å². The fourth-order valence-corrected chi connectivity index (χ4v) is 0.551. The second-order valence-electron chi connectivity index (χ2n) is 1.62. The average molecular weight is 121 g/mol. The Morgan fingerprint density at radius 2 is 2.44 bits per heavy atom. The Kier molecular flexibility index (Phi) is 1.44. The Balaban J connectivity index is 3.15. The van der Waals surface area contributed by atoms with Gasteiger partial charge in [-0.05, 0) is 12.1 Å². The van der Waals surface area contributed by atoms with Crippen LogP contribution in [-0.4, -0.2) is 11.2 Å². The van der Waals surface area contributed by atoms with Crippen molar-refractivity contribution in [3.05, 3.63) is 24.0 Å². The van der Waals surface area contributed by atoms with Crippen molar-refractivity contribution in [2.45, 2.75) is 0 Å². The minimum Gasteiger partial charge on any atom is -0.397 e. The average Bonchev–Trinajstić information content (AvgIpc) is 1.89. The van der Waals surface area contributed by atoms with Gasteiger partial charge in [0.2, 0.25) is 0 Å². The molecule has 0 aliphatic carbocycles. The molecule has 3 N–H and O–H groups in total. The lowest BCUT2D eigenvalue weighted by atomic mass is 10.3. The van der Waals surface area contributed by atoms with Crippen LogP contribution in [-0.2, 0) is 0 Å². The van der Waals surface area contributed by atoms with Crippen LogP contribution in [0.25, 0.3) is 0 Å². The zero-order valence-corrected chi connectivity index (χ0v) is 4.83. The van der Waals surface area contributed by atoms with E-state index in [1.165, 1.54) is 0 Å². The van der Waals surface area contributed by atoms with E-state index in [1.54, 1.807) is 18.3 Å². The molecule has 9 heavy (non-hydrogen) atoms. The maximum atomic E-state index is 6.82. The molecule has 0 unspecified atom stereocenters. The van der Waals surface area contributed by atoms with Crippen molar-refractivity contribution in [2.75, 3.05) is 5.73 Å². The van der Waals surface area contributed by atoms with Gasteiger partial charge in [-0.25, -0.2) is 0 Å². The summed E-state index contributed by atoms with van der Waals surface area (Å²) in [6.07, 6.45) is 2.74. The first kappa shape index (κ1) is 5.75. The second kappa shape index (κ2) is 2.26. The topological polar surface area (TPSA) is 62.8 Å². The molecule has 0 aliphatic heterocycles. The summed E-state index contributed by atoms with van der Waals surface area (Å²) in [5.41, 5.74) is 6.49. The van der Waals surface area contributed by atoms with Crippen LogP contribution in [0.3, 0.4) is 0 Å². The van der Waals surface area contributed by atoms with E-state index in [4.69, 9.17) is 11.1 Å². The molecule has 0 saturated heterocycles. The van der Waals surface area contributed by atoms with Gasteiger partial charge in [0.25, 0.3) is 0 Å². The van der Waals surface area contributed by atoms with Crippen LogP contribution < -0.4 is 5.73 Å². The highest BCUT2D eigenvalue weighted by molar-refractivity contribution is 5.81. The second-order valence-corrected chi connectivity index (χ2v) is 1.62. The van der Waals surface area contributed by atoms with Crippen LogP contribution in [0.5, 0.6) is 0 Å². The first-order valence-corrected chi connectivity index (χ1v) is 2.55. The molecular formula is C6H7N3. The molecule has 3 nitrogen and oxygen atoms in total. The standard InChI is InChI=1S/C6H7N3/c7-4-6-5(8)2-1-3-9-6/h1-4,7H,8H2. The monoisotopic (exact) mass is 121 g/mol. The van der Waals surface area contributed by atoms with Crippen molar-refractivity contribution in [3.8, 4) is 0 Å². The van der Waals surface area contributed by atoms with Gasteiger partial charge in [0, 0.05) is 12.4 Å². The summed E-state index contributed by atoms with van der Waals surface area (Å²) >= 11 is 0. The van der Waals surface area contributed by atoms with E-state index in [-0.39, 0.29) is 0 Å². The van der Waals surface area contributed by atoms with Gasteiger partial charge in [-0.15, -0.1) is 0 Å². The zero-order valence-electron chi connectivity index (χ0n) is 4.83. The molecule has 0 aliphatic rings. The van der Waals surface area contributed by atoms with Crippen LogP contribution >= 0.6 is 0 Å². The van der Waals surface area contributed by atoms with Crippen molar-refractivity contribution in [1.82, 2.24) is 4.98 Å². The van der Waals surface area contributed by atoms with Crippen molar-refractivity contribution < 1.29 is 0 Å². The minimum absolute atomic E-state index is 0.525. The SMILES string of the molecule is N=Cc1ncccc1N. The maximum absolute atomic E-state index is 6.82. The third-order valence-electron chi connectivity index (χ3n) is 1.01. The first-order valence-electron chi connectivity index (χ1n) is 2.55. The number of aromatic nitrogens is 1. The summed E-state index contributed by atoms with van der Waals surface area (Å²) in [5.74, 6) is 0. The smallest absolute Gasteiger partial charge is 0.103 e. The molecule has 0 bridgehead atoms. The van der Waals surface area contributed by atoms with Gasteiger partial charge in [0.15, 0.2) is 0 Å². The van der Waals surface area contributed by atoms with E-state index >= 15 is 0 Å². The molecule has 1 heterocycles. The summed E-state index contributed by atoms with van der Waals surface area (Å²) in [6, 6.07) is 3.45. The van der Waals surface area contributed by atoms with Crippen LogP contribution in [0.2, 0.25) is 0 Å². The molecule has 1 rings (SSSR count). The maximum Gasteiger partial charge on any atom is 0.103 e. The summed E-state index contributed by atoms with van der Waals surface area (Å²) in [6.45, 7) is 0. The number of nitrogens with two attached hydrogens (primary N) is 1. The quantitative estimate of drug-likeness (QED) is 0.536. The van der Waals surface area contributed by atoms with Crippen LogP contribution in [0.1, 0.15) is 5.69 Å². The Bertz CT molecular complexity index is 219. The molecule has 0 spiro atoms. The molecular weight excluding hydrogens is 114 g/mol. The van der Waals surface area contributed by atoms with Crippen molar-refractivity contribution in [1.29, 1.82) is 5.41 Å². The van der Waals surface area contributed by atoms with Gasteiger partial charge in [-0.3, -0.25) is 4.98 Å². The van der Waals surface area contributed by atoms with Gasteiger partial charge in [0.05, 0.1) is 5.69 Å². The fraction of sp³-hybridized carbons (Fsp3) is 0. The predicted octanol–water partition coefficient (Wildman–Crippen LogP) is 0.661. The number of nitrogens with one attached hydrogen (secondary N) is 1. The molecule has 46 valence electrons. The number of pyridine rings is 1. The molecule has 0 amide bonds. The van der Waals surface area contributed by atoms with Gasteiger partial charge in [0.1, 0.15) is 5.69 Å². The van der Waals surface area contributed by atoms with Gasteiger partial charge < -0.3 is 11.1 Å². The number of nitrogens with zero attached hydrogens (tertiary/aromatic N) is 1. The Labute approximate surface area is 53.0 Å². The number of anilines is 1. The summed E-state index contributed by atoms with van der Waals surface area (Å²) < 4.78 is 0. The molecule has 0 atom stereocenters. The van der Waals surface area contributed by atoms with Crippen LogP contribution in [0.4, 0.5) is 5.69 Å². The molecule has 0 fully saturated rings. The number of hydrogen-bond acceptors (Lipinski definition) is 3. The van der Waals surface area contributed by atoms with Gasteiger partial charge >= 0.3 is 0 Å². The highest BCUT2D eigenvalue weighted by Crippen LogP contribution is 2.01. The van der Waals surface area contributed by atoms with Crippen LogP contribution in [0, 0.1) is 5.41 Å². The molecule has 1 aromatic rings. The summed E-state index contributed by atoms with van der Waals surface area (Å²) in [4.78, 5) is 3.83.